The molecule has 30 heteroatoms. The highest BCUT2D eigenvalue weighted by Gasteiger charge is 2.59. The molecule has 8 N–H and O–H groups in total. The van der Waals surface area contributed by atoms with Crippen molar-refractivity contribution < 1.29 is 57.5 Å². The van der Waals surface area contributed by atoms with E-state index in [1.54, 1.807) is 72.1 Å². The third kappa shape index (κ3) is 15.0. The number of rotatable bonds is 8. The topological polar surface area (TPSA) is 359 Å². The first-order valence-corrected chi connectivity index (χ1v) is 37.4. The number of thioether (sulfide) groups is 1. The summed E-state index contributed by atoms with van der Waals surface area (Å²) in [7, 11) is 0. The molecule has 29 nitrogen and oxygen atoms in total. The Morgan fingerprint density at radius 1 is 0.475 bits per heavy atom. The molecular weight excluding hydrogens is 1310 g/mol. The van der Waals surface area contributed by atoms with Crippen molar-refractivity contribution in [1.82, 2.24) is 85.8 Å². The lowest BCUT2D eigenvalue weighted by Gasteiger charge is -2.45. The molecule has 2 saturated carbocycles. The Balaban J connectivity index is 0.000000109. The van der Waals surface area contributed by atoms with E-state index in [0.717, 1.165) is 157 Å². The highest BCUT2D eigenvalue weighted by molar-refractivity contribution is 8.00. The maximum Gasteiger partial charge on any atom is 0.249 e. The second kappa shape index (κ2) is 29.6. The van der Waals surface area contributed by atoms with E-state index < -0.39 is 29.2 Å². The second-order valence-corrected chi connectivity index (χ2v) is 31.9. The van der Waals surface area contributed by atoms with Crippen LogP contribution >= 0.6 is 11.8 Å². The van der Waals surface area contributed by atoms with Gasteiger partial charge < -0.3 is 75.8 Å². The number of aromatic nitrogens is 5. The van der Waals surface area contributed by atoms with E-state index in [0.29, 0.717) is 44.8 Å². The second-order valence-electron chi connectivity index (χ2n) is 30.0. The number of benzene rings is 1. The first kappa shape index (κ1) is 70.6. The monoisotopic (exact) mass is 1410 g/mol. The van der Waals surface area contributed by atoms with E-state index in [1.807, 2.05) is 35.4 Å². The van der Waals surface area contributed by atoms with Crippen LogP contribution in [0.4, 0.5) is 0 Å². The van der Waals surface area contributed by atoms with Crippen LogP contribution in [0.3, 0.4) is 0 Å². The van der Waals surface area contributed by atoms with Crippen LogP contribution in [0.25, 0.3) is 10.9 Å². The third-order valence-corrected chi connectivity index (χ3v) is 23.5. The van der Waals surface area contributed by atoms with Crippen LogP contribution in [0.2, 0.25) is 0 Å². The number of para-hydroxylation sites is 1. The Kier molecular flexibility index (Phi) is 20.7. The van der Waals surface area contributed by atoms with E-state index in [9.17, 15) is 57.5 Å². The van der Waals surface area contributed by atoms with Crippen molar-refractivity contribution in [3.8, 4) is 0 Å². The summed E-state index contributed by atoms with van der Waals surface area (Å²) in [6.45, 7) is 11.2. The van der Waals surface area contributed by atoms with Gasteiger partial charge in [0.25, 0.3) is 0 Å². The van der Waals surface area contributed by atoms with Gasteiger partial charge in [-0.05, 0) is 114 Å². The van der Waals surface area contributed by atoms with Crippen LogP contribution in [0.5, 0.6) is 0 Å². The zero-order chi connectivity index (χ0) is 70.9. The number of carbonyl (C=O) groups is 12. The third-order valence-electron chi connectivity index (χ3n) is 22.2. The van der Waals surface area contributed by atoms with Gasteiger partial charge in [0.2, 0.25) is 70.9 Å². The number of hydrogen-bond acceptors (Lipinski definition) is 15. The fraction of sp³-hybridized carbons (Fsp3) is 0.634. The summed E-state index contributed by atoms with van der Waals surface area (Å²) in [6, 6.07) is 5.11. The summed E-state index contributed by atoms with van der Waals surface area (Å²) in [5, 5.41) is 18.3. The minimum absolute atomic E-state index is 0.00283. The minimum atomic E-state index is -0.532. The maximum absolute atomic E-state index is 12.5. The van der Waals surface area contributed by atoms with Crippen molar-refractivity contribution in [3.63, 3.8) is 0 Å². The molecule has 14 aliphatic rings. The fourth-order valence-electron chi connectivity index (χ4n) is 16.7. The van der Waals surface area contributed by atoms with Crippen LogP contribution in [0.1, 0.15) is 154 Å². The first-order valence-electron chi connectivity index (χ1n) is 36.4. The summed E-state index contributed by atoms with van der Waals surface area (Å²) >= 11 is 1.72. The molecule has 0 bridgehead atoms. The van der Waals surface area contributed by atoms with Crippen LogP contribution in [0.15, 0.2) is 61.7 Å². The lowest BCUT2D eigenvalue weighted by molar-refractivity contribution is -0.154. The summed E-state index contributed by atoms with van der Waals surface area (Å²) in [5.74, 6) is 1.36. The van der Waals surface area contributed by atoms with E-state index in [4.69, 9.17) is 0 Å². The van der Waals surface area contributed by atoms with Gasteiger partial charge in [0.15, 0.2) is 0 Å². The average Bonchev–Trinajstić information content (AvgIpc) is 1.60. The number of piperazine rings is 6. The predicted molar refractivity (Wildman–Crippen MR) is 369 cm³/mol. The number of aromatic amines is 2. The predicted octanol–water partition coefficient (Wildman–Crippen LogP) is 1.47. The molecule has 542 valence electrons. The smallest absolute Gasteiger partial charge is 0.249 e. The molecule has 2 spiro atoms. The number of amides is 12. The van der Waals surface area contributed by atoms with E-state index in [-0.39, 0.29) is 118 Å². The number of carbonyl (C=O) groups excluding carboxylic acids is 12. The van der Waals surface area contributed by atoms with Crippen LogP contribution in [-0.2, 0) is 76.9 Å². The largest absolute Gasteiger partial charge is 0.361 e. The number of hydrogen-bond donors (Lipinski definition) is 8. The van der Waals surface area contributed by atoms with E-state index in [2.05, 4.69) is 72.6 Å². The van der Waals surface area contributed by atoms with Gasteiger partial charge in [-0.1, -0.05) is 58.2 Å². The quantitative estimate of drug-likeness (QED) is 0.124. The first-order chi connectivity index (χ1) is 48.6. The standard InChI is InChI=1S/C16H17N3O2.C12H20N2O2S.C12H18N2O2.2C11H14N4O2.C9H12N2O2/c20-15-14-6-3-7-19(14)16(21)13(18-15)8-10-9-17-12-5-2-1-4-11(10)12;1-12(2,3)17-7-8-11(16)14-6-4-5-9(14)10(15)13-8;15-10-9-5-4-8-14(9)11(16)12(13-10)6-2-1-3-7-12;16-10-9-2-1-4-15(9)11(17)8(13-10)6-14-5-3-12-7-14;16-10-9-2-1-3-15(9)11(17)8(14-10)4-7-5-12-6-13-7;12-7-6-2-1-5-11(6)8(13)9(10-7)3-4-9/h1-2,4-5,9,13-14,17H,3,6-8H2,(H,18,20);8-9H,4-7H2,1-3H3,(H,13,15);9H,1-8H2,(H,13,15);3,5,7-9H,1-2,4,6H2,(H,13,16);5-6,8-9H,1-4H2,(H,12,13)(H,14,16);6H,1-5H2,(H,10,12)/t13-,14-;8-,9-;9-;2*8-,9-;6-/m000000/s1. The molecule has 12 saturated heterocycles. The average molecular weight is 1410 g/mol. The number of imidazole rings is 2. The van der Waals surface area contributed by atoms with Gasteiger partial charge in [0.05, 0.1) is 19.2 Å². The highest BCUT2D eigenvalue weighted by Crippen LogP contribution is 2.42. The summed E-state index contributed by atoms with van der Waals surface area (Å²) in [5.41, 5.74) is 2.00. The molecule has 4 aromatic rings. The number of nitrogens with zero attached hydrogens (tertiary/aromatic N) is 9. The molecule has 12 amide bonds. The lowest BCUT2D eigenvalue weighted by Crippen LogP contribution is -2.69. The number of fused-ring (bicyclic) bond motifs is 7. The van der Waals surface area contributed by atoms with Crippen molar-refractivity contribution in [2.45, 2.75) is 238 Å². The molecule has 0 unspecified atom stereocenters. The molecular formula is C71H95N17O12S. The Bertz CT molecular complexity index is 3720. The van der Waals surface area contributed by atoms with E-state index >= 15 is 0 Å². The fourth-order valence-corrected chi connectivity index (χ4v) is 17.6. The van der Waals surface area contributed by atoms with Crippen molar-refractivity contribution in [1.29, 1.82) is 0 Å². The van der Waals surface area contributed by atoms with Crippen LogP contribution in [0, 0.1) is 0 Å². The molecule has 101 heavy (non-hydrogen) atoms. The summed E-state index contributed by atoms with van der Waals surface area (Å²) in [6.07, 6.45) is 28.4. The Labute approximate surface area is 590 Å². The molecule has 1 aromatic carbocycles. The molecule has 15 heterocycles. The Morgan fingerprint density at radius 3 is 1.38 bits per heavy atom. The minimum Gasteiger partial charge on any atom is -0.361 e. The molecule has 18 rings (SSSR count). The van der Waals surface area contributed by atoms with Gasteiger partial charge in [-0.3, -0.25) is 57.5 Å². The van der Waals surface area contributed by atoms with E-state index in [1.165, 1.54) is 6.42 Å². The van der Waals surface area contributed by atoms with Crippen LogP contribution in [-0.4, -0.2) is 246 Å². The SMILES string of the molecule is CC(C)(C)SC[C@@H]1NC(=O)[C@@H]2CCCN2C1=O.O=C1NC2(CC2)C(=O)N2CCC[C@@H]12.O=C1NC2(CCCCC2)C(=O)N2CCC[C@@H]12.O=C1N[C@@H](Cc2c[nH]c3ccccc23)C(=O)N2CCC[C@@H]12.O=C1N[C@@H](Cc2cnc[nH]2)C(=O)N2CCC[C@@H]12.O=C1N[C@@H](Cn2ccnc2)C(=O)N2CCC[C@@H]12. The van der Waals surface area contributed by atoms with Gasteiger partial charge in [-0.25, -0.2) is 9.97 Å². The van der Waals surface area contributed by atoms with Gasteiger partial charge in [0.1, 0.15) is 71.5 Å². The molecule has 2 aliphatic carbocycles. The molecule has 12 aliphatic heterocycles. The van der Waals surface area contributed by atoms with Crippen molar-refractivity contribution in [2.75, 3.05) is 45.0 Å². The van der Waals surface area contributed by atoms with Gasteiger partial charge in [-0.2, -0.15) is 11.8 Å². The van der Waals surface area contributed by atoms with Crippen LogP contribution < -0.4 is 31.9 Å². The Hall–Kier alpha value is -8.83. The molecule has 3 aromatic heterocycles. The zero-order valence-electron chi connectivity index (χ0n) is 57.9. The van der Waals surface area contributed by atoms with Crippen molar-refractivity contribution >= 4 is 93.6 Å². The summed E-state index contributed by atoms with van der Waals surface area (Å²) < 4.78 is 1.92. The van der Waals surface area contributed by atoms with Crippen molar-refractivity contribution in [3.05, 3.63) is 73.0 Å². The van der Waals surface area contributed by atoms with Gasteiger partial charge in [0, 0.05) is 104 Å². The molecule has 0 radical (unpaired) electrons. The Morgan fingerprint density at radius 2 is 0.911 bits per heavy atom. The van der Waals surface area contributed by atoms with Gasteiger partial charge >= 0.3 is 0 Å². The van der Waals surface area contributed by atoms with Gasteiger partial charge in [-0.15, -0.1) is 0 Å². The summed E-state index contributed by atoms with van der Waals surface area (Å²) in [4.78, 5) is 169. The number of H-pyrrole nitrogens is 2. The lowest BCUT2D eigenvalue weighted by atomic mass is 9.79. The highest BCUT2D eigenvalue weighted by atomic mass is 32.2. The zero-order valence-corrected chi connectivity index (χ0v) is 58.7. The normalized spacial score (nSPS) is 29.3. The number of nitrogens with one attached hydrogen (secondary N) is 8. The maximum atomic E-state index is 12.5. The molecule has 10 atom stereocenters. The molecule has 14 fully saturated rings. The van der Waals surface area contributed by atoms with Crippen molar-refractivity contribution in [2.24, 2.45) is 0 Å².